The Hall–Kier alpha value is -1.48. The second kappa shape index (κ2) is 6.52. The van der Waals surface area contributed by atoms with E-state index in [4.69, 9.17) is 5.84 Å². The van der Waals surface area contributed by atoms with Gasteiger partial charge in [0.05, 0.1) is 0 Å². The van der Waals surface area contributed by atoms with Crippen molar-refractivity contribution in [3.63, 3.8) is 0 Å². The first-order valence-electron chi connectivity index (χ1n) is 6.13. The van der Waals surface area contributed by atoms with Crippen molar-refractivity contribution in [2.45, 2.75) is 17.9 Å². The predicted octanol–water partition coefficient (Wildman–Crippen LogP) is 2.17. The number of hydrogen-bond acceptors (Lipinski definition) is 5. The summed E-state index contributed by atoms with van der Waals surface area (Å²) < 4.78 is 28.4. The van der Waals surface area contributed by atoms with Crippen LogP contribution >= 0.6 is 15.9 Å². The van der Waals surface area contributed by atoms with Gasteiger partial charge < -0.3 is 5.43 Å². The molecule has 1 aromatic carbocycles. The highest BCUT2D eigenvalue weighted by atomic mass is 79.9. The average molecular weight is 371 g/mol. The molecule has 6 nitrogen and oxygen atoms in total. The van der Waals surface area contributed by atoms with Crippen LogP contribution in [0, 0.1) is 0 Å². The molecule has 0 spiro atoms. The molecule has 112 valence electrons. The molecule has 0 saturated carbocycles. The lowest BCUT2D eigenvalue weighted by Crippen LogP contribution is -2.28. The van der Waals surface area contributed by atoms with E-state index in [1.165, 1.54) is 12.3 Å². The van der Waals surface area contributed by atoms with E-state index >= 15 is 0 Å². The highest BCUT2D eigenvalue weighted by Crippen LogP contribution is 2.21. The maximum Gasteiger partial charge on any atom is 0.244 e. The van der Waals surface area contributed by atoms with Crippen molar-refractivity contribution in [3.8, 4) is 0 Å². The highest BCUT2D eigenvalue weighted by molar-refractivity contribution is 9.10. The lowest BCUT2D eigenvalue weighted by atomic mass is 10.1. The molecule has 2 rings (SSSR count). The summed E-state index contributed by atoms with van der Waals surface area (Å²) in [7, 11) is -3.73. The van der Waals surface area contributed by atoms with Crippen LogP contribution in [0.5, 0.6) is 0 Å². The van der Waals surface area contributed by atoms with Crippen LogP contribution in [-0.2, 0) is 10.0 Å². The van der Waals surface area contributed by atoms with Crippen LogP contribution in [0.4, 0.5) is 5.82 Å². The summed E-state index contributed by atoms with van der Waals surface area (Å²) in [4.78, 5) is 3.90. The summed E-state index contributed by atoms with van der Waals surface area (Å²) in [6, 6.07) is 10.0. The second-order valence-electron chi connectivity index (χ2n) is 4.39. The van der Waals surface area contributed by atoms with Gasteiger partial charge in [0.2, 0.25) is 10.0 Å². The number of sulfonamides is 1. The minimum absolute atomic E-state index is 0.0106. The first-order valence-corrected chi connectivity index (χ1v) is 8.41. The van der Waals surface area contributed by atoms with E-state index in [0.29, 0.717) is 0 Å². The normalized spacial score (nSPS) is 12.9. The molecule has 0 fully saturated rings. The van der Waals surface area contributed by atoms with Crippen LogP contribution in [0.3, 0.4) is 0 Å². The third-order valence-electron chi connectivity index (χ3n) is 2.90. The minimum Gasteiger partial charge on any atom is -0.307 e. The average Bonchev–Trinajstić information content (AvgIpc) is 2.47. The molecule has 0 bridgehead atoms. The summed E-state index contributed by atoms with van der Waals surface area (Å²) >= 11 is 3.34. The summed E-state index contributed by atoms with van der Waals surface area (Å²) in [6.07, 6.45) is 1.46. The SMILES string of the molecule is CC(NS(=O)(=O)c1cccnc1NN)c1ccc(Br)cc1. The number of hydrazine groups is 1. The molecule has 0 radical (unpaired) electrons. The first-order chi connectivity index (χ1) is 9.94. The van der Waals surface area contributed by atoms with Gasteiger partial charge in [0, 0.05) is 16.7 Å². The Bertz CT molecular complexity index is 719. The van der Waals surface area contributed by atoms with E-state index in [2.05, 4.69) is 31.1 Å². The molecule has 0 aliphatic heterocycles. The monoisotopic (exact) mass is 370 g/mol. The molecule has 0 saturated heterocycles. The molecule has 0 aliphatic carbocycles. The van der Waals surface area contributed by atoms with Gasteiger partial charge in [0.25, 0.3) is 0 Å². The number of nitrogens with two attached hydrogens (primary N) is 1. The van der Waals surface area contributed by atoms with Gasteiger partial charge in [-0.1, -0.05) is 28.1 Å². The van der Waals surface area contributed by atoms with Crippen LogP contribution in [0.2, 0.25) is 0 Å². The van der Waals surface area contributed by atoms with Crippen LogP contribution in [-0.4, -0.2) is 13.4 Å². The standard InChI is InChI=1S/C13H15BrN4O2S/c1-9(10-4-6-11(14)7-5-10)18-21(19,20)12-3-2-8-16-13(12)17-15/h2-9,18H,15H2,1H3,(H,16,17). The maximum absolute atomic E-state index is 12.4. The van der Waals surface area contributed by atoms with Crippen LogP contribution in [0.15, 0.2) is 52.0 Å². The number of nitrogens with one attached hydrogen (secondary N) is 2. The predicted molar refractivity (Wildman–Crippen MR) is 84.9 cm³/mol. The molecule has 0 aliphatic rings. The zero-order valence-corrected chi connectivity index (χ0v) is 13.6. The Morgan fingerprint density at radius 3 is 2.52 bits per heavy atom. The topological polar surface area (TPSA) is 97.1 Å². The van der Waals surface area contributed by atoms with Gasteiger partial charge in [-0.05, 0) is 36.8 Å². The van der Waals surface area contributed by atoms with Gasteiger partial charge in [-0.25, -0.2) is 24.0 Å². The Morgan fingerprint density at radius 2 is 1.90 bits per heavy atom. The fourth-order valence-electron chi connectivity index (χ4n) is 1.83. The van der Waals surface area contributed by atoms with Crippen LogP contribution in [0.1, 0.15) is 18.5 Å². The van der Waals surface area contributed by atoms with Crippen molar-refractivity contribution in [1.29, 1.82) is 0 Å². The summed E-state index contributed by atoms with van der Waals surface area (Å²) in [5.41, 5.74) is 3.14. The van der Waals surface area contributed by atoms with Gasteiger partial charge in [0.1, 0.15) is 4.90 Å². The molecule has 1 heterocycles. The number of halogens is 1. The number of hydrogen-bond donors (Lipinski definition) is 3. The van der Waals surface area contributed by atoms with Crippen LogP contribution in [0.25, 0.3) is 0 Å². The lowest BCUT2D eigenvalue weighted by molar-refractivity contribution is 0.567. The largest absolute Gasteiger partial charge is 0.307 e. The Labute approximate surface area is 131 Å². The van der Waals surface area contributed by atoms with Gasteiger partial charge in [-0.2, -0.15) is 0 Å². The third-order valence-corrected chi connectivity index (χ3v) is 5.00. The fraction of sp³-hybridized carbons (Fsp3) is 0.154. The Kier molecular flexibility index (Phi) is 4.94. The second-order valence-corrected chi connectivity index (χ2v) is 6.99. The molecular weight excluding hydrogens is 356 g/mol. The van der Waals surface area contributed by atoms with Gasteiger partial charge in [-0.3, -0.25) is 0 Å². The van der Waals surface area contributed by atoms with E-state index in [1.54, 1.807) is 13.0 Å². The molecule has 21 heavy (non-hydrogen) atoms. The Morgan fingerprint density at radius 1 is 1.24 bits per heavy atom. The maximum atomic E-state index is 12.4. The number of nitrogens with zero attached hydrogens (tertiary/aromatic N) is 1. The summed E-state index contributed by atoms with van der Waals surface area (Å²) in [5.74, 6) is 5.40. The van der Waals surface area contributed by atoms with E-state index in [0.717, 1.165) is 10.0 Å². The number of anilines is 1. The number of pyridine rings is 1. The number of nitrogen functional groups attached to an aromatic ring is 1. The molecule has 0 amide bonds. The fourth-order valence-corrected chi connectivity index (χ4v) is 3.45. The first kappa shape index (κ1) is 15.9. The minimum atomic E-state index is -3.73. The number of rotatable bonds is 5. The van der Waals surface area contributed by atoms with E-state index in [1.807, 2.05) is 24.3 Å². The number of benzene rings is 1. The highest BCUT2D eigenvalue weighted by Gasteiger charge is 2.22. The van der Waals surface area contributed by atoms with Crippen LogP contribution < -0.4 is 16.0 Å². The summed E-state index contributed by atoms with van der Waals surface area (Å²) in [6.45, 7) is 1.77. The van der Waals surface area contributed by atoms with Crippen molar-refractivity contribution in [2.75, 3.05) is 5.43 Å². The van der Waals surface area contributed by atoms with Gasteiger partial charge >= 0.3 is 0 Å². The molecular formula is C13H15BrN4O2S. The van der Waals surface area contributed by atoms with Gasteiger partial charge in [-0.15, -0.1) is 0 Å². The molecule has 8 heteroatoms. The van der Waals surface area contributed by atoms with Crippen molar-refractivity contribution in [3.05, 3.63) is 52.6 Å². The Balaban J connectivity index is 2.26. The zero-order chi connectivity index (χ0) is 15.5. The lowest BCUT2D eigenvalue weighted by Gasteiger charge is -2.16. The summed E-state index contributed by atoms with van der Waals surface area (Å²) in [5, 5.41) is 0. The van der Waals surface area contributed by atoms with Crippen molar-refractivity contribution in [1.82, 2.24) is 9.71 Å². The molecule has 1 unspecified atom stereocenters. The molecule has 1 aromatic heterocycles. The quantitative estimate of drug-likeness (QED) is 0.553. The van der Waals surface area contributed by atoms with Crippen molar-refractivity contribution in [2.24, 2.45) is 5.84 Å². The number of aromatic nitrogens is 1. The van der Waals surface area contributed by atoms with E-state index in [9.17, 15) is 8.42 Å². The molecule has 1 atom stereocenters. The van der Waals surface area contributed by atoms with Gasteiger partial charge in [0.15, 0.2) is 5.82 Å². The third kappa shape index (κ3) is 3.79. The van der Waals surface area contributed by atoms with E-state index in [-0.39, 0.29) is 16.8 Å². The van der Waals surface area contributed by atoms with E-state index < -0.39 is 10.0 Å². The molecule has 4 N–H and O–H groups in total. The van der Waals surface area contributed by atoms with Crippen molar-refractivity contribution < 1.29 is 8.42 Å². The van der Waals surface area contributed by atoms with Crippen molar-refractivity contribution >= 4 is 31.8 Å². The zero-order valence-electron chi connectivity index (χ0n) is 11.2. The molecule has 2 aromatic rings. The smallest absolute Gasteiger partial charge is 0.244 e.